The molecule has 2 aliphatic rings. The summed E-state index contributed by atoms with van der Waals surface area (Å²) < 4.78 is 0. The molecule has 2 aliphatic heterocycles. The molecule has 0 radical (unpaired) electrons. The van der Waals surface area contributed by atoms with Crippen LogP contribution in [0.2, 0.25) is 0 Å². The minimum Gasteiger partial charge on any atom is -0.481 e. The number of hydrogen-bond acceptors (Lipinski definition) is 3. The molecule has 0 unspecified atom stereocenters. The molecule has 3 atom stereocenters. The van der Waals surface area contributed by atoms with Crippen LogP contribution >= 0.6 is 0 Å². The largest absolute Gasteiger partial charge is 0.481 e. The highest BCUT2D eigenvalue weighted by atomic mass is 16.4. The summed E-state index contributed by atoms with van der Waals surface area (Å²) in [6.07, 6.45) is 2.98. The van der Waals surface area contributed by atoms with Crippen LogP contribution in [-0.2, 0) is 9.59 Å². The molecule has 0 saturated carbocycles. The van der Waals surface area contributed by atoms with Crippen molar-refractivity contribution in [2.45, 2.75) is 51.6 Å². The molecule has 3 rings (SSSR count). The highest BCUT2D eigenvalue weighted by Gasteiger charge is 2.42. The Bertz CT molecular complexity index is 628. The number of likely N-dealkylation sites (N-methyl/N-ethyl adjacent to an activating group) is 1. The SMILES string of the molecule is CCN1CCC[C@@H]1CN1C(=O)CC[C@H](C(=O)O)[C@H]1c1ccc(C)cc1. The molecule has 1 N–H and O–H groups in total. The molecule has 0 spiro atoms. The Hall–Kier alpha value is -1.88. The number of carbonyl (C=O) groups is 2. The summed E-state index contributed by atoms with van der Waals surface area (Å²) in [5.41, 5.74) is 2.07. The highest BCUT2D eigenvalue weighted by molar-refractivity contribution is 5.81. The minimum absolute atomic E-state index is 0.0889. The zero-order chi connectivity index (χ0) is 18.0. The second-order valence-corrected chi connectivity index (χ2v) is 7.31. The lowest BCUT2D eigenvalue weighted by Crippen LogP contribution is -2.50. The number of amides is 1. The van der Waals surface area contributed by atoms with Gasteiger partial charge in [0.1, 0.15) is 0 Å². The number of likely N-dealkylation sites (tertiary alicyclic amines) is 2. The van der Waals surface area contributed by atoms with Crippen LogP contribution in [-0.4, -0.2) is 52.5 Å². The van der Waals surface area contributed by atoms with Crippen molar-refractivity contribution in [3.8, 4) is 0 Å². The average Bonchev–Trinajstić information content (AvgIpc) is 3.04. The number of hydrogen-bond donors (Lipinski definition) is 1. The molecule has 0 aliphatic carbocycles. The van der Waals surface area contributed by atoms with Crippen LogP contribution in [0.1, 0.15) is 49.8 Å². The Morgan fingerprint density at radius 1 is 1.24 bits per heavy atom. The van der Waals surface area contributed by atoms with E-state index < -0.39 is 11.9 Å². The zero-order valence-electron chi connectivity index (χ0n) is 15.1. The van der Waals surface area contributed by atoms with E-state index in [4.69, 9.17) is 0 Å². The molecule has 2 fully saturated rings. The van der Waals surface area contributed by atoms with Crippen LogP contribution in [0, 0.1) is 12.8 Å². The van der Waals surface area contributed by atoms with Gasteiger partial charge in [0, 0.05) is 19.0 Å². The molecule has 0 aromatic heterocycles. The number of benzene rings is 1. The first kappa shape index (κ1) is 17.9. The third kappa shape index (κ3) is 3.71. The Balaban J connectivity index is 1.91. The summed E-state index contributed by atoms with van der Waals surface area (Å²) in [5.74, 6) is -1.25. The molecule has 5 heteroatoms. The van der Waals surface area contributed by atoms with Gasteiger partial charge in [0.15, 0.2) is 0 Å². The van der Waals surface area contributed by atoms with Crippen molar-refractivity contribution in [1.29, 1.82) is 0 Å². The molecule has 25 heavy (non-hydrogen) atoms. The first-order chi connectivity index (χ1) is 12.0. The van der Waals surface area contributed by atoms with Gasteiger partial charge < -0.3 is 10.0 Å². The van der Waals surface area contributed by atoms with Crippen molar-refractivity contribution < 1.29 is 14.7 Å². The second kappa shape index (κ2) is 7.56. The number of rotatable bonds is 5. The maximum absolute atomic E-state index is 12.7. The normalized spacial score (nSPS) is 27.7. The summed E-state index contributed by atoms with van der Waals surface area (Å²) in [7, 11) is 0. The third-order valence-corrected chi connectivity index (χ3v) is 5.76. The Labute approximate surface area is 149 Å². The predicted octanol–water partition coefficient (Wildman–Crippen LogP) is 2.84. The zero-order valence-corrected chi connectivity index (χ0v) is 15.1. The summed E-state index contributed by atoms with van der Waals surface area (Å²) >= 11 is 0. The lowest BCUT2D eigenvalue weighted by atomic mass is 9.83. The van der Waals surface area contributed by atoms with E-state index in [0.717, 1.165) is 37.1 Å². The standard InChI is InChI=1S/C20H28N2O3/c1-3-21-12-4-5-16(21)13-22-18(23)11-10-17(20(24)25)19(22)15-8-6-14(2)7-9-15/h6-9,16-17,19H,3-5,10-13H2,1-2H3,(H,24,25)/t16-,17+,19-/m1/s1. The van der Waals surface area contributed by atoms with Crippen LogP contribution in [0.15, 0.2) is 24.3 Å². The van der Waals surface area contributed by atoms with Crippen LogP contribution in [0.4, 0.5) is 0 Å². The monoisotopic (exact) mass is 344 g/mol. The molecule has 1 aromatic rings. The number of carbonyl (C=O) groups excluding carboxylic acids is 1. The highest BCUT2D eigenvalue weighted by Crippen LogP contribution is 2.38. The average molecular weight is 344 g/mol. The molecular weight excluding hydrogens is 316 g/mol. The number of piperidine rings is 1. The van der Waals surface area contributed by atoms with Crippen molar-refractivity contribution in [3.05, 3.63) is 35.4 Å². The maximum atomic E-state index is 12.7. The van der Waals surface area contributed by atoms with E-state index in [1.807, 2.05) is 36.1 Å². The first-order valence-electron chi connectivity index (χ1n) is 9.34. The van der Waals surface area contributed by atoms with Crippen molar-refractivity contribution in [2.24, 2.45) is 5.92 Å². The molecule has 136 valence electrons. The van der Waals surface area contributed by atoms with Gasteiger partial charge in [-0.1, -0.05) is 36.8 Å². The molecule has 5 nitrogen and oxygen atoms in total. The van der Waals surface area contributed by atoms with Gasteiger partial charge in [0.2, 0.25) is 5.91 Å². The van der Waals surface area contributed by atoms with Crippen LogP contribution in [0.25, 0.3) is 0 Å². The molecular formula is C20H28N2O3. The summed E-state index contributed by atoms with van der Waals surface area (Å²) in [6, 6.07) is 7.94. The van der Waals surface area contributed by atoms with Gasteiger partial charge in [-0.3, -0.25) is 14.5 Å². The predicted molar refractivity (Wildman–Crippen MR) is 96.3 cm³/mol. The molecule has 0 bridgehead atoms. The van der Waals surface area contributed by atoms with E-state index >= 15 is 0 Å². The lowest BCUT2D eigenvalue weighted by molar-refractivity contribution is -0.152. The number of nitrogens with zero attached hydrogens (tertiary/aromatic N) is 2. The van der Waals surface area contributed by atoms with Crippen molar-refractivity contribution >= 4 is 11.9 Å². The van der Waals surface area contributed by atoms with E-state index in [-0.39, 0.29) is 11.9 Å². The molecule has 1 amide bonds. The number of aryl methyl sites for hydroxylation is 1. The van der Waals surface area contributed by atoms with E-state index in [0.29, 0.717) is 25.4 Å². The van der Waals surface area contributed by atoms with Gasteiger partial charge in [-0.05, 0) is 44.8 Å². The quantitative estimate of drug-likeness (QED) is 0.892. The fourth-order valence-corrected chi connectivity index (χ4v) is 4.35. The van der Waals surface area contributed by atoms with E-state index in [1.165, 1.54) is 0 Å². The Morgan fingerprint density at radius 3 is 2.60 bits per heavy atom. The molecule has 2 saturated heterocycles. The molecule has 2 heterocycles. The Morgan fingerprint density at radius 2 is 1.96 bits per heavy atom. The van der Waals surface area contributed by atoms with Crippen LogP contribution in [0.3, 0.4) is 0 Å². The lowest BCUT2D eigenvalue weighted by Gasteiger charge is -2.42. The van der Waals surface area contributed by atoms with Gasteiger partial charge in [-0.15, -0.1) is 0 Å². The van der Waals surface area contributed by atoms with Crippen molar-refractivity contribution in [1.82, 2.24) is 9.80 Å². The topological polar surface area (TPSA) is 60.9 Å². The van der Waals surface area contributed by atoms with Crippen LogP contribution in [0.5, 0.6) is 0 Å². The van der Waals surface area contributed by atoms with Crippen molar-refractivity contribution in [3.63, 3.8) is 0 Å². The van der Waals surface area contributed by atoms with E-state index in [1.54, 1.807) is 0 Å². The smallest absolute Gasteiger partial charge is 0.308 e. The first-order valence-corrected chi connectivity index (χ1v) is 9.34. The van der Waals surface area contributed by atoms with E-state index in [9.17, 15) is 14.7 Å². The Kier molecular flexibility index (Phi) is 5.42. The fourth-order valence-electron chi connectivity index (χ4n) is 4.35. The second-order valence-electron chi connectivity index (χ2n) is 7.31. The van der Waals surface area contributed by atoms with Crippen LogP contribution < -0.4 is 0 Å². The minimum atomic E-state index is -0.804. The third-order valence-electron chi connectivity index (χ3n) is 5.76. The summed E-state index contributed by atoms with van der Waals surface area (Å²) in [5, 5.41) is 9.74. The van der Waals surface area contributed by atoms with Gasteiger partial charge in [0.25, 0.3) is 0 Å². The number of aliphatic carboxylic acids is 1. The number of carboxylic acid groups (broad SMARTS) is 1. The van der Waals surface area contributed by atoms with Crippen molar-refractivity contribution in [2.75, 3.05) is 19.6 Å². The van der Waals surface area contributed by atoms with Gasteiger partial charge in [-0.2, -0.15) is 0 Å². The summed E-state index contributed by atoms with van der Waals surface area (Å²) in [6.45, 7) is 6.84. The van der Waals surface area contributed by atoms with Gasteiger partial charge in [-0.25, -0.2) is 0 Å². The van der Waals surface area contributed by atoms with Gasteiger partial charge in [0.05, 0.1) is 12.0 Å². The number of carboxylic acids is 1. The molecule has 1 aromatic carbocycles. The maximum Gasteiger partial charge on any atom is 0.308 e. The van der Waals surface area contributed by atoms with Gasteiger partial charge >= 0.3 is 5.97 Å². The summed E-state index contributed by atoms with van der Waals surface area (Å²) in [4.78, 5) is 28.8. The van der Waals surface area contributed by atoms with E-state index in [2.05, 4.69) is 11.8 Å². The fraction of sp³-hybridized carbons (Fsp3) is 0.600.